The quantitative estimate of drug-likeness (QED) is 0.425. The van der Waals surface area contributed by atoms with E-state index < -0.39 is 5.91 Å². The summed E-state index contributed by atoms with van der Waals surface area (Å²) in [6.45, 7) is 6.37. The predicted octanol–water partition coefficient (Wildman–Crippen LogP) is 3.44. The predicted molar refractivity (Wildman–Crippen MR) is 146 cm³/mol. The second-order valence-electron chi connectivity index (χ2n) is 9.48. The molecule has 3 amide bonds. The first-order chi connectivity index (χ1) is 18.2. The first-order valence-electron chi connectivity index (χ1n) is 12.4. The van der Waals surface area contributed by atoms with Gasteiger partial charge in [0.05, 0.1) is 11.7 Å². The van der Waals surface area contributed by atoms with Gasteiger partial charge < -0.3 is 5.73 Å². The fourth-order valence-corrected chi connectivity index (χ4v) is 4.94. The Labute approximate surface area is 219 Å². The number of carbonyl (C=O) groups excluding carboxylic acids is 2. The summed E-state index contributed by atoms with van der Waals surface area (Å²) in [5, 5.41) is 4.15. The first-order valence-corrected chi connectivity index (χ1v) is 12.4. The van der Waals surface area contributed by atoms with E-state index in [1.54, 1.807) is 41.1 Å². The second-order valence-corrected chi connectivity index (χ2v) is 9.48. The normalized spacial score (nSPS) is 15.4. The molecule has 1 aliphatic heterocycles. The minimum absolute atomic E-state index is 0.142. The molecule has 2 N–H and O–H groups in total. The lowest BCUT2D eigenvalue weighted by Crippen LogP contribution is -2.34. The van der Waals surface area contributed by atoms with Crippen LogP contribution in [0.3, 0.4) is 0 Å². The van der Waals surface area contributed by atoms with Gasteiger partial charge >= 0.3 is 11.7 Å². The molecule has 194 valence electrons. The number of benzene rings is 2. The van der Waals surface area contributed by atoms with Crippen LogP contribution in [0, 0.1) is 6.92 Å². The molecule has 0 spiro atoms. The minimum atomic E-state index is -0.541. The third-order valence-corrected chi connectivity index (χ3v) is 6.82. The van der Waals surface area contributed by atoms with Gasteiger partial charge in [0.1, 0.15) is 12.1 Å². The molecule has 38 heavy (non-hydrogen) atoms. The standard InChI is InChI=1S/C28H29N7O3/c1-5-23-24(19-9-11-21(12-10-19)35-27(37)32(4)16-30-35)13-17(2)31-26(23)33-15-18(3)34(28(33)38)22-8-6-7-20(14-22)25(29)36/h6-14,16,18H,5,15H2,1-4H3,(H2,29,36)/t18-/m0/s1. The Morgan fingerprint density at radius 3 is 2.45 bits per heavy atom. The highest BCUT2D eigenvalue weighted by Crippen LogP contribution is 2.35. The molecule has 2 aromatic carbocycles. The van der Waals surface area contributed by atoms with Gasteiger partial charge in [-0.3, -0.25) is 19.2 Å². The van der Waals surface area contributed by atoms with Crippen LogP contribution in [0.25, 0.3) is 16.8 Å². The molecule has 0 unspecified atom stereocenters. The van der Waals surface area contributed by atoms with Crippen molar-refractivity contribution in [3.63, 3.8) is 0 Å². The molecule has 10 nitrogen and oxygen atoms in total. The summed E-state index contributed by atoms with van der Waals surface area (Å²) in [7, 11) is 1.66. The number of aromatic nitrogens is 4. The Morgan fingerprint density at radius 2 is 1.82 bits per heavy atom. The Balaban J connectivity index is 1.53. The van der Waals surface area contributed by atoms with Crippen molar-refractivity contribution < 1.29 is 9.59 Å². The number of anilines is 2. The van der Waals surface area contributed by atoms with Gasteiger partial charge in [-0.1, -0.05) is 25.1 Å². The third-order valence-electron chi connectivity index (χ3n) is 6.82. The van der Waals surface area contributed by atoms with Gasteiger partial charge in [-0.05, 0) is 67.8 Å². The monoisotopic (exact) mass is 511 g/mol. The van der Waals surface area contributed by atoms with E-state index in [0.29, 0.717) is 35.7 Å². The van der Waals surface area contributed by atoms with Gasteiger partial charge in [-0.25, -0.2) is 14.6 Å². The number of primary amides is 1. The molecule has 10 heteroatoms. The maximum absolute atomic E-state index is 13.7. The van der Waals surface area contributed by atoms with Crippen LogP contribution >= 0.6 is 0 Å². The third kappa shape index (κ3) is 4.23. The number of nitrogens with two attached hydrogens (primary N) is 1. The molecule has 0 saturated carbocycles. The van der Waals surface area contributed by atoms with Crippen molar-refractivity contribution in [1.29, 1.82) is 0 Å². The summed E-state index contributed by atoms with van der Waals surface area (Å²) in [6.07, 6.45) is 2.14. The Kier molecular flexibility index (Phi) is 6.31. The Morgan fingerprint density at radius 1 is 1.08 bits per heavy atom. The molecule has 1 saturated heterocycles. The molecule has 5 rings (SSSR count). The largest absolute Gasteiger partial charge is 0.366 e. The summed E-state index contributed by atoms with van der Waals surface area (Å²) >= 11 is 0. The zero-order valence-corrected chi connectivity index (χ0v) is 21.8. The molecule has 1 aliphatic rings. The lowest BCUT2D eigenvalue weighted by molar-refractivity contribution is 0.1000. The van der Waals surface area contributed by atoms with E-state index in [9.17, 15) is 14.4 Å². The lowest BCUT2D eigenvalue weighted by Gasteiger charge is -2.23. The SMILES string of the molecule is CCc1c(-c2ccc(-n3ncn(C)c3=O)cc2)cc(C)nc1N1C[C@H](C)N(c2cccc(C(N)=O)c2)C1=O. The van der Waals surface area contributed by atoms with E-state index in [-0.39, 0.29) is 17.8 Å². The minimum Gasteiger partial charge on any atom is -0.366 e. The van der Waals surface area contributed by atoms with E-state index in [1.807, 2.05) is 51.1 Å². The molecule has 2 aromatic heterocycles. The smallest absolute Gasteiger partial charge is 0.350 e. The summed E-state index contributed by atoms with van der Waals surface area (Å²) in [6, 6.07) is 16.1. The average Bonchev–Trinajstić information content (AvgIpc) is 3.40. The number of carbonyl (C=O) groups is 2. The number of hydrogen-bond donors (Lipinski definition) is 1. The van der Waals surface area contributed by atoms with Gasteiger partial charge in [0, 0.05) is 36.1 Å². The van der Waals surface area contributed by atoms with Crippen LogP contribution in [0.4, 0.5) is 16.3 Å². The number of urea groups is 1. The van der Waals surface area contributed by atoms with Crippen molar-refractivity contribution in [1.82, 2.24) is 19.3 Å². The fraction of sp³-hybridized carbons (Fsp3) is 0.250. The Hall–Kier alpha value is -4.73. The average molecular weight is 512 g/mol. The summed E-state index contributed by atoms with van der Waals surface area (Å²) in [4.78, 5) is 45.9. The van der Waals surface area contributed by atoms with Crippen molar-refractivity contribution >= 4 is 23.4 Å². The number of nitrogens with zero attached hydrogens (tertiary/aromatic N) is 6. The second kappa shape index (κ2) is 9.62. The van der Waals surface area contributed by atoms with Crippen LogP contribution in [0.2, 0.25) is 0 Å². The van der Waals surface area contributed by atoms with Gasteiger partial charge in [0.25, 0.3) is 0 Å². The first kappa shape index (κ1) is 24.9. The van der Waals surface area contributed by atoms with E-state index >= 15 is 0 Å². The number of amides is 3. The molecule has 1 atom stereocenters. The highest BCUT2D eigenvalue weighted by Gasteiger charge is 2.38. The van der Waals surface area contributed by atoms with E-state index in [0.717, 1.165) is 22.4 Å². The fourth-order valence-electron chi connectivity index (χ4n) is 4.94. The topological polar surface area (TPSA) is 119 Å². The van der Waals surface area contributed by atoms with Crippen molar-refractivity contribution in [2.24, 2.45) is 12.8 Å². The maximum Gasteiger partial charge on any atom is 0.350 e. The summed E-state index contributed by atoms with van der Waals surface area (Å²) in [5.41, 5.74) is 10.5. The van der Waals surface area contributed by atoms with Crippen LogP contribution in [0.15, 0.2) is 65.7 Å². The van der Waals surface area contributed by atoms with E-state index in [2.05, 4.69) is 5.10 Å². The van der Waals surface area contributed by atoms with Crippen LogP contribution in [-0.2, 0) is 13.5 Å². The molecule has 3 heterocycles. The van der Waals surface area contributed by atoms with E-state index in [1.165, 1.54) is 15.6 Å². The van der Waals surface area contributed by atoms with Crippen LogP contribution in [0.1, 0.15) is 35.5 Å². The van der Waals surface area contributed by atoms with Crippen molar-refractivity contribution in [2.75, 3.05) is 16.3 Å². The van der Waals surface area contributed by atoms with Gasteiger partial charge in [0.15, 0.2) is 0 Å². The number of pyridine rings is 1. The molecule has 0 radical (unpaired) electrons. The summed E-state index contributed by atoms with van der Waals surface area (Å²) in [5.74, 6) is 0.0816. The number of aryl methyl sites for hydroxylation is 2. The highest BCUT2D eigenvalue weighted by molar-refractivity contribution is 6.07. The zero-order chi connectivity index (χ0) is 27.1. The maximum atomic E-state index is 13.7. The molecular formula is C28H29N7O3. The molecular weight excluding hydrogens is 482 g/mol. The van der Waals surface area contributed by atoms with Crippen molar-refractivity contribution in [3.8, 4) is 16.8 Å². The van der Waals surface area contributed by atoms with Crippen LogP contribution in [-0.4, -0.2) is 43.9 Å². The van der Waals surface area contributed by atoms with Crippen LogP contribution in [0.5, 0.6) is 0 Å². The van der Waals surface area contributed by atoms with Crippen LogP contribution < -0.4 is 21.2 Å². The van der Waals surface area contributed by atoms with Crippen molar-refractivity contribution in [2.45, 2.75) is 33.2 Å². The van der Waals surface area contributed by atoms with Gasteiger partial charge in [-0.15, -0.1) is 0 Å². The van der Waals surface area contributed by atoms with Gasteiger partial charge in [-0.2, -0.15) is 9.78 Å². The molecule has 4 aromatic rings. The number of hydrogen-bond acceptors (Lipinski definition) is 5. The highest BCUT2D eigenvalue weighted by atomic mass is 16.2. The van der Waals surface area contributed by atoms with Gasteiger partial charge in [0.2, 0.25) is 5.91 Å². The molecule has 1 fully saturated rings. The molecule has 0 bridgehead atoms. The molecule has 0 aliphatic carbocycles. The van der Waals surface area contributed by atoms with E-state index in [4.69, 9.17) is 10.7 Å². The summed E-state index contributed by atoms with van der Waals surface area (Å²) < 4.78 is 2.77. The number of rotatable bonds is 6. The Bertz CT molecular complexity index is 1600. The van der Waals surface area contributed by atoms with Crippen molar-refractivity contribution in [3.05, 3.63) is 88.2 Å². The lowest BCUT2D eigenvalue weighted by atomic mass is 9.97. The zero-order valence-electron chi connectivity index (χ0n) is 21.8.